The van der Waals surface area contributed by atoms with E-state index in [1.54, 1.807) is 0 Å². The number of likely N-dealkylation sites (tertiary alicyclic amines) is 1. The summed E-state index contributed by atoms with van der Waals surface area (Å²) in [5.41, 5.74) is 0. The molecule has 2 atom stereocenters. The van der Waals surface area contributed by atoms with E-state index in [0.29, 0.717) is 25.9 Å². The summed E-state index contributed by atoms with van der Waals surface area (Å²) >= 11 is 0. The van der Waals surface area contributed by atoms with Crippen LogP contribution in [0.4, 0.5) is 4.39 Å². The van der Waals surface area contributed by atoms with Crippen LogP contribution in [0.1, 0.15) is 12.8 Å². The lowest BCUT2D eigenvalue weighted by Gasteiger charge is -2.33. The highest BCUT2D eigenvalue weighted by atomic mass is 32.2. The Morgan fingerprint density at radius 2 is 1.57 bits per heavy atom. The minimum absolute atomic E-state index is 0.117. The van der Waals surface area contributed by atoms with Gasteiger partial charge in [0.1, 0.15) is 10.7 Å². The van der Waals surface area contributed by atoms with Gasteiger partial charge in [0.2, 0.25) is 21.8 Å². The van der Waals surface area contributed by atoms with E-state index in [-0.39, 0.29) is 48.3 Å². The molecule has 9 heteroatoms. The Morgan fingerprint density at radius 1 is 1.00 bits per heavy atom. The molecule has 7 nitrogen and oxygen atoms in total. The van der Waals surface area contributed by atoms with E-state index in [0.717, 1.165) is 11.0 Å². The zero-order valence-corrected chi connectivity index (χ0v) is 16.2. The number of hydrogen-bond acceptors (Lipinski definition) is 4. The van der Waals surface area contributed by atoms with Crippen LogP contribution in [0.3, 0.4) is 0 Å². The third kappa shape index (κ3) is 3.27. The standard InChI is InChI=1S/C19H22FN3O4S/c20-16-7-3-4-8-17(16)28(26,27)22-11-9-21(10-12-22)13-23-18(24)14-5-1-2-6-15(14)19(23)25/h1-4,7-8,14-15H,5-6,9-13H2/p+1/t14-,15+. The number of benzene rings is 1. The molecule has 0 unspecified atom stereocenters. The van der Waals surface area contributed by atoms with Crippen molar-refractivity contribution in [2.45, 2.75) is 17.7 Å². The second kappa shape index (κ2) is 7.38. The molecule has 0 spiro atoms. The van der Waals surface area contributed by atoms with Gasteiger partial charge in [-0.25, -0.2) is 17.7 Å². The Kier molecular flexibility index (Phi) is 5.07. The van der Waals surface area contributed by atoms with Gasteiger partial charge in [-0.05, 0) is 25.0 Å². The van der Waals surface area contributed by atoms with Gasteiger partial charge in [-0.3, -0.25) is 9.59 Å². The van der Waals surface area contributed by atoms with Crippen LogP contribution in [0.15, 0.2) is 41.3 Å². The molecule has 1 aliphatic carbocycles. The second-order valence-corrected chi connectivity index (χ2v) is 9.41. The van der Waals surface area contributed by atoms with Crippen molar-refractivity contribution in [3.8, 4) is 0 Å². The van der Waals surface area contributed by atoms with E-state index < -0.39 is 15.8 Å². The van der Waals surface area contributed by atoms with Gasteiger partial charge in [-0.2, -0.15) is 4.31 Å². The largest absolute Gasteiger partial charge is 0.315 e. The first-order chi connectivity index (χ1) is 13.4. The molecule has 2 fully saturated rings. The zero-order chi connectivity index (χ0) is 19.9. The van der Waals surface area contributed by atoms with Crippen LogP contribution in [0.5, 0.6) is 0 Å². The molecule has 28 heavy (non-hydrogen) atoms. The lowest BCUT2D eigenvalue weighted by atomic mass is 9.85. The maximum Gasteiger partial charge on any atom is 0.246 e. The number of carbonyl (C=O) groups excluding carboxylic acids is 2. The number of hydrogen-bond donors (Lipinski definition) is 1. The van der Waals surface area contributed by atoms with Gasteiger partial charge in [0.15, 0.2) is 6.67 Å². The number of quaternary nitrogens is 1. The summed E-state index contributed by atoms with van der Waals surface area (Å²) in [4.78, 5) is 27.2. The fourth-order valence-corrected chi connectivity index (χ4v) is 5.75. The highest BCUT2D eigenvalue weighted by Gasteiger charge is 2.48. The summed E-state index contributed by atoms with van der Waals surface area (Å²) in [6.45, 7) is 1.61. The lowest BCUT2D eigenvalue weighted by molar-refractivity contribution is -0.910. The number of nitrogens with zero attached hydrogens (tertiary/aromatic N) is 2. The van der Waals surface area contributed by atoms with Crippen LogP contribution in [0.2, 0.25) is 0 Å². The first-order valence-corrected chi connectivity index (χ1v) is 10.9. The number of carbonyl (C=O) groups is 2. The number of allylic oxidation sites excluding steroid dienone is 2. The Hall–Kier alpha value is -2.10. The topological polar surface area (TPSA) is 79.2 Å². The quantitative estimate of drug-likeness (QED) is 0.544. The Balaban J connectivity index is 1.39. The van der Waals surface area contributed by atoms with Gasteiger partial charge in [0.25, 0.3) is 0 Å². The van der Waals surface area contributed by atoms with E-state index in [1.165, 1.54) is 27.4 Å². The van der Waals surface area contributed by atoms with Gasteiger partial charge in [-0.15, -0.1) is 0 Å². The molecule has 3 aliphatic rings. The SMILES string of the molecule is O=C1[C@H]2CC=CC[C@H]2C(=O)N1C[NH+]1CCN(S(=O)(=O)c2ccccc2F)CC1. The minimum atomic E-state index is -3.89. The number of imide groups is 1. The van der Waals surface area contributed by atoms with Crippen LogP contribution in [-0.2, 0) is 19.6 Å². The number of halogens is 1. The minimum Gasteiger partial charge on any atom is -0.315 e. The van der Waals surface area contributed by atoms with Gasteiger partial charge in [0, 0.05) is 0 Å². The molecule has 2 heterocycles. The maximum atomic E-state index is 13.9. The van der Waals surface area contributed by atoms with Gasteiger partial charge in [0.05, 0.1) is 38.0 Å². The molecule has 4 rings (SSSR count). The molecule has 2 saturated heterocycles. The summed E-state index contributed by atoms with van der Waals surface area (Å²) in [5, 5.41) is 0. The Bertz CT molecular complexity index is 899. The van der Waals surface area contributed by atoms with Gasteiger partial charge >= 0.3 is 0 Å². The van der Waals surface area contributed by atoms with Crippen LogP contribution in [0.25, 0.3) is 0 Å². The summed E-state index contributed by atoms with van der Waals surface area (Å²) in [5.74, 6) is -1.50. The van der Waals surface area contributed by atoms with Crippen LogP contribution < -0.4 is 4.90 Å². The van der Waals surface area contributed by atoms with Crippen LogP contribution >= 0.6 is 0 Å². The van der Waals surface area contributed by atoms with E-state index in [1.807, 2.05) is 12.2 Å². The smallest absolute Gasteiger partial charge is 0.246 e. The summed E-state index contributed by atoms with van der Waals surface area (Å²) in [6.07, 6.45) is 5.12. The third-order valence-corrected chi connectivity index (χ3v) is 7.80. The summed E-state index contributed by atoms with van der Waals surface area (Å²) in [7, 11) is -3.89. The van der Waals surface area contributed by atoms with Crippen LogP contribution in [-0.4, -0.2) is 62.3 Å². The second-order valence-electron chi connectivity index (χ2n) is 7.50. The molecular weight excluding hydrogens is 385 g/mol. The highest BCUT2D eigenvalue weighted by Crippen LogP contribution is 2.34. The Morgan fingerprint density at radius 3 is 2.14 bits per heavy atom. The van der Waals surface area contributed by atoms with E-state index in [4.69, 9.17) is 0 Å². The van der Waals surface area contributed by atoms with Crippen molar-refractivity contribution in [2.75, 3.05) is 32.8 Å². The number of piperazine rings is 1. The molecule has 0 bridgehead atoms. The van der Waals surface area contributed by atoms with E-state index in [2.05, 4.69) is 0 Å². The highest BCUT2D eigenvalue weighted by molar-refractivity contribution is 7.89. The predicted octanol–water partition coefficient (Wildman–Crippen LogP) is -0.376. The van der Waals surface area contributed by atoms with Gasteiger partial charge < -0.3 is 4.90 Å². The number of rotatable bonds is 4. The fourth-order valence-electron chi connectivity index (χ4n) is 4.24. The molecular formula is C19H23FN3O4S+. The van der Waals surface area contributed by atoms with E-state index >= 15 is 0 Å². The summed E-state index contributed by atoms with van der Waals surface area (Å²) in [6, 6.07) is 5.35. The Labute approximate surface area is 163 Å². The van der Waals surface area contributed by atoms with Crippen molar-refractivity contribution in [1.29, 1.82) is 0 Å². The number of nitrogens with one attached hydrogen (secondary N) is 1. The molecule has 1 aromatic rings. The van der Waals surface area contributed by atoms with E-state index in [9.17, 15) is 22.4 Å². The molecule has 1 N–H and O–H groups in total. The molecule has 1 aromatic carbocycles. The first-order valence-electron chi connectivity index (χ1n) is 9.48. The average molecular weight is 408 g/mol. The van der Waals surface area contributed by atoms with Crippen molar-refractivity contribution in [3.05, 3.63) is 42.2 Å². The van der Waals surface area contributed by atoms with Crippen molar-refractivity contribution >= 4 is 21.8 Å². The number of fused-ring (bicyclic) bond motifs is 1. The maximum absolute atomic E-state index is 13.9. The number of sulfonamides is 1. The van der Waals surface area contributed by atoms with Crippen molar-refractivity contribution in [2.24, 2.45) is 11.8 Å². The van der Waals surface area contributed by atoms with Crippen LogP contribution in [0, 0.1) is 17.7 Å². The monoisotopic (exact) mass is 408 g/mol. The molecule has 0 saturated carbocycles. The zero-order valence-electron chi connectivity index (χ0n) is 15.4. The lowest BCUT2D eigenvalue weighted by Crippen LogP contribution is -3.16. The van der Waals surface area contributed by atoms with Gasteiger partial charge in [-0.1, -0.05) is 24.3 Å². The normalized spacial score (nSPS) is 26.7. The molecule has 2 amide bonds. The fraction of sp³-hybridized carbons (Fsp3) is 0.474. The predicted molar refractivity (Wildman–Crippen MR) is 97.9 cm³/mol. The molecule has 0 radical (unpaired) electrons. The molecule has 0 aromatic heterocycles. The van der Waals surface area contributed by atoms with Crippen molar-refractivity contribution in [1.82, 2.24) is 9.21 Å². The summed E-state index contributed by atoms with van der Waals surface area (Å²) < 4.78 is 40.6. The average Bonchev–Trinajstić information content (AvgIpc) is 2.94. The number of amides is 2. The first kappa shape index (κ1) is 19.2. The third-order valence-electron chi connectivity index (χ3n) is 5.86. The van der Waals surface area contributed by atoms with Crippen molar-refractivity contribution in [3.63, 3.8) is 0 Å². The molecule has 2 aliphatic heterocycles. The van der Waals surface area contributed by atoms with Crippen molar-refractivity contribution < 1.29 is 27.3 Å². The molecule has 150 valence electrons.